The Balaban J connectivity index is 3.70. The minimum atomic E-state index is -2.21. The van der Waals surface area contributed by atoms with Crippen LogP contribution in [0.4, 0.5) is 0 Å². The van der Waals surface area contributed by atoms with Crippen LogP contribution in [-0.2, 0) is 37.1 Å². The molecule has 12 heteroatoms. The Bertz CT molecular complexity index is 438. The van der Waals surface area contributed by atoms with Crippen molar-refractivity contribution in [2.45, 2.75) is 57.9 Å². The molecule has 0 aliphatic rings. The van der Waals surface area contributed by atoms with E-state index >= 15 is 0 Å². The number of methoxy groups -OCH3 is 2. The third kappa shape index (κ3) is 18.6. The van der Waals surface area contributed by atoms with Crippen LogP contribution < -0.4 is 0 Å². The average Bonchev–Trinajstić information content (AvgIpc) is 2.70. The van der Waals surface area contributed by atoms with E-state index in [2.05, 4.69) is 4.74 Å². The second-order valence-corrected chi connectivity index (χ2v) is 9.67. The second-order valence-electron chi connectivity index (χ2n) is 6.61. The van der Waals surface area contributed by atoms with Crippen LogP contribution in [0.15, 0.2) is 0 Å². The van der Waals surface area contributed by atoms with Crippen LogP contribution in [0.25, 0.3) is 0 Å². The molecule has 0 spiro atoms. The molecule has 176 valence electrons. The minimum Gasteiger partial charge on any atom is -0.391 e. The zero-order valence-corrected chi connectivity index (χ0v) is 19.8. The molecule has 6 atom stereocenters. The molecule has 0 bridgehead atoms. The molecule has 0 radical (unpaired) electrons. The van der Waals surface area contributed by atoms with Gasteiger partial charge < -0.3 is 38.2 Å². The van der Waals surface area contributed by atoms with Crippen molar-refractivity contribution < 1.29 is 47.3 Å². The van der Waals surface area contributed by atoms with Crippen LogP contribution >= 0.6 is 16.1 Å². The van der Waals surface area contributed by atoms with E-state index in [1.807, 2.05) is 0 Å². The van der Waals surface area contributed by atoms with E-state index in [0.717, 1.165) is 6.42 Å². The van der Waals surface area contributed by atoms with Gasteiger partial charge in [-0.15, -0.1) is 0 Å². The lowest BCUT2D eigenvalue weighted by Gasteiger charge is -2.18. The number of unbranched alkanes of at least 4 members (excludes halogenated alkanes) is 2. The smallest absolute Gasteiger partial charge is 0.191 e. The Labute approximate surface area is 174 Å². The lowest BCUT2D eigenvalue weighted by atomic mass is 10.3. The van der Waals surface area contributed by atoms with Crippen molar-refractivity contribution in [2.24, 2.45) is 0 Å². The highest BCUT2D eigenvalue weighted by atomic mass is 31.1. The first-order chi connectivity index (χ1) is 13.8. The van der Waals surface area contributed by atoms with E-state index in [9.17, 15) is 14.2 Å². The van der Waals surface area contributed by atoms with Crippen LogP contribution in [0.1, 0.15) is 33.1 Å². The van der Waals surface area contributed by atoms with E-state index < -0.39 is 34.7 Å². The summed E-state index contributed by atoms with van der Waals surface area (Å²) in [5.74, 6) is 0. The monoisotopic (exact) mass is 464 g/mol. The summed E-state index contributed by atoms with van der Waals surface area (Å²) in [6, 6.07) is 0. The van der Waals surface area contributed by atoms with E-state index in [4.69, 9.17) is 28.4 Å². The summed E-state index contributed by atoms with van der Waals surface area (Å²) in [5.41, 5.74) is 0. The standard InChI is InChI=1S/C17H38O10P2/c1-14(18)10-24-15(2)11-26-28(20)8-6-5-7-9-29(21)27-13-17(23-4)25-12-16(19)22-3/h14-19,28-29H,5-13H2,1-4H3. The molecule has 0 fully saturated rings. The summed E-state index contributed by atoms with van der Waals surface area (Å²) in [7, 11) is -1.56. The molecule has 0 amide bonds. The molecule has 0 aromatic rings. The molecule has 10 nitrogen and oxygen atoms in total. The van der Waals surface area contributed by atoms with Crippen molar-refractivity contribution in [1.82, 2.24) is 0 Å². The zero-order chi connectivity index (χ0) is 22.1. The van der Waals surface area contributed by atoms with Crippen molar-refractivity contribution >= 4 is 16.1 Å². The number of hydrogen-bond donors (Lipinski definition) is 2. The predicted octanol–water partition coefficient (Wildman–Crippen LogP) is 1.88. The average molecular weight is 464 g/mol. The summed E-state index contributed by atoms with van der Waals surface area (Å²) >= 11 is 0. The molecule has 0 aromatic carbocycles. The predicted molar refractivity (Wildman–Crippen MR) is 110 cm³/mol. The largest absolute Gasteiger partial charge is 0.391 e. The topological polar surface area (TPSA) is 130 Å². The van der Waals surface area contributed by atoms with Crippen LogP contribution in [0.5, 0.6) is 0 Å². The lowest BCUT2D eigenvalue weighted by molar-refractivity contribution is -0.194. The van der Waals surface area contributed by atoms with Gasteiger partial charge in [0.2, 0.25) is 0 Å². The van der Waals surface area contributed by atoms with Gasteiger partial charge in [0.05, 0.1) is 25.4 Å². The summed E-state index contributed by atoms with van der Waals surface area (Å²) in [6.07, 6.45) is 0.532. The van der Waals surface area contributed by atoms with Gasteiger partial charge in [-0.1, -0.05) is 6.42 Å². The normalized spacial score (nSPS) is 18.1. The van der Waals surface area contributed by atoms with Crippen molar-refractivity contribution in [3.63, 3.8) is 0 Å². The molecule has 0 aromatic heterocycles. The molecule has 29 heavy (non-hydrogen) atoms. The van der Waals surface area contributed by atoms with Crippen molar-refractivity contribution in [1.29, 1.82) is 0 Å². The molecule has 2 N–H and O–H groups in total. The number of hydrogen-bond acceptors (Lipinski definition) is 10. The van der Waals surface area contributed by atoms with Crippen molar-refractivity contribution in [2.75, 3.05) is 53.0 Å². The fourth-order valence-electron chi connectivity index (χ4n) is 2.02. The van der Waals surface area contributed by atoms with Gasteiger partial charge in [-0.3, -0.25) is 9.13 Å². The number of aliphatic hydroxyl groups excluding tert-OH is 2. The first-order valence-corrected chi connectivity index (χ1v) is 12.8. The molecule has 0 rings (SSSR count). The SMILES string of the molecule is COC(O)COC(CO[PH](=O)CCCCC[PH](=O)OCC(C)OCC(C)O)OC. The van der Waals surface area contributed by atoms with Gasteiger partial charge in [0.15, 0.2) is 28.6 Å². The van der Waals surface area contributed by atoms with Gasteiger partial charge in [0.25, 0.3) is 0 Å². The fourth-order valence-corrected chi connectivity index (χ4v) is 4.13. The number of ether oxygens (including phenoxy) is 4. The Morgan fingerprint density at radius 3 is 1.86 bits per heavy atom. The maximum atomic E-state index is 11.9. The Morgan fingerprint density at radius 2 is 1.34 bits per heavy atom. The van der Waals surface area contributed by atoms with Crippen LogP contribution in [0.3, 0.4) is 0 Å². The van der Waals surface area contributed by atoms with E-state index in [0.29, 0.717) is 25.2 Å². The van der Waals surface area contributed by atoms with Gasteiger partial charge in [-0.05, 0) is 26.7 Å². The molecule has 0 saturated carbocycles. The third-order valence-electron chi connectivity index (χ3n) is 3.70. The first-order valence-electron chi connectivity index (χ1n) is 9.74. The third-order valence-corrected chi connectivity index (χ3v) is 6.20. The Hall–Kier alpha value is 0.140. The minimum absolute atomic E-state index is 0.00158. The molecule has 0 heterocycles. The molecule has 6 unspecified atom stereocenters. The highest BCUT2D eigenvalue weighted by Gasteiger charge is 2.13. The van der Waals surface area contributed by atoms with Gasteiger partial charge >= 0.3 is 0 Å². The van der Waals surface area contributed by atoms with Gasteiger partial charge in [-0.25, -0.2) is 0 Å². The summed E-state index contributed by atoms with van der Waals surface area (Å²) < 4.78 is 54.5. The summed E-state index contributed by atoms with van der Waals surface area (Å²) in [6.45, 7) is 3.81. The Kier molecular flexibility index (Phi) is 19.0. The molecular weight excluding hydrogens is 426 g/mol. The van der Waals surface area contributed by atoms with Crippen molar-refractivity contribution in [3.05, 3.63) is 0 Å². The molecular formula is C17H38O10P2. The maximum absolute atomic E-state index is 11.9. The second kappa shape index (κ2) is 18.9. The fraction of sp³-hybridized carbons (Fsp3) is 1.00. The summed E-state index contributed by atoms with van der Waals surface area (Å²) in [5, 5.41) is 18.4. The van der Waals surface area contributed by atoms with Crippen molar-refractivity contribution in [3.8, 4) is 0 Å². The van der Waals surface area contributed by atoms with E-state index in [-0.39, 0.29) is 32.5 Å². The summed E-state index contributed by atoms with van der Waals surface area (Å²) in [4.78, 5) is 0. The highest BCUT2D eigenvalue weighted by molar-refractivity contribution is 7.39. The quantitative estimate of drug-likeness (QED) is 0.156. The lowest BCUT2D eigenvalue weighted by Crippen LogP contribution is -2.27. The van der Waals surface area contributed by atoms with Gasteiger partial charge in [-0.2, -0.15) is 0 Å². The maximum Gasteiger partial charge on any atom is 0.191 e. The number of rotatable bonds is 20. The van der Waals surface area contributed by atoms with Crippen LogP contribution in [0, 0.1) is 0 Å². The van der Waals surface area contributed by atoms with Crippen LogP contribution in [-0.4, -0.2) is 88.0 Å². The van der Waals surface area contributed by atoms with Gasteiger partial charge in [0, 0.05) is 26.5 Å². The Morgan fingerprint density at radius 1 is 0.759 bits per heavy atom. The molecule has 0 saturated heterocycles. The molecule has 0 aliphatic carbocycles. The van der Waals surface area contributed by atoms with Gasteiger partial charge in [0.1, 0.15) is 13.2 Å². The zero-order valence-electron chi connectivity index (χ0n) is 17.8. The first kappa shape index (κ1) is 29.1. The van der Waals surface area contributed by atoms with E-state index in [1.54, 1.807) is 13.8 Å². The highest BCUT2D eigenvalue weighted by Crippen LogP contribution is 2.27. The van der Waals surface area contributed by atoms with E-state index in [1.165, 1.54) is 14.2 Å². The molecule has 0 aliphatic heterocycles. The number of aliphatic hydroxyl groups is 2. The van der Waals surface area contributed by atoms with Crippen LogP contribution in [0.2, 0.25) is 0 Å².